The molecule has 68 heavy (non-hydrogen) atoms. The molecule has 1 spiro atoms. The summed E-state index contributed by atoms with van der Waals surface area (Å²) < 4.78 is 0. The maximum Gasteiger partial charge on any atom is 0.0726 e. The molecule has 0 radical (unpaired) electrons. The van der Waals surface area contributed by atoms with Crippen molar-refractivity contribution in [1.29, 1.82) is 0 Å². The fourth-order valence-corrected chi connectivity index (χ4v) is 11.9. The van der Waals surface area contributed by atoms with E-state index in [4.69, 9.17) is 0 Å². The zero-order valence-corrected chi connectivity index (χ0v) is 37.3. The van der Waals surface area contributed by atoms with Crippen molar-refractivity contribution >= 4 is 49.4 Å². The van der Waals surface area contributed by atoms with Crippen LogP contribution in [0.3, 0.4) is 0 Å². The van der Waals surface area contributed by atoms with E-state index in [1.165, 1.54) is 105 Å². The van der Waals surface area contributed by atoms with Gasteiger partial charge < -0.3 is 4.90 Å². The van der Waals surface area contributed by atoms with Crippen LogP contribution in [-0.4, -0.2) is 0 Å². The normalized spacial score (nSPS) is 12.8. The summed E-state index contributed by atoms with van der Waals surface area (Å²) in [5, 5.41) is 7.54. The van der Waals surface area contributed by atoms with Gasteiger partial charge in [0.05, 0.1) is 11.1 Å². The van der Waals surface area contributed by atoms with E-state index in [1.54, 1.807) is 0 Å². The molecule has 2 aliphatic rings. The lowest BCUT2D eigenvalue weighted by molar-refractivity contribution is 0.794. The third-order valence-electron chi connectivity index (χ3n) is 14.9. The van der Waals surface area contributed by atoms with Crippen molar-refractivity contribution in [1.82, 2.24) is 0 Å². The fraction of sp³-hybridized carbons (Fsp3) is 0.0149. The van der Waals surface area contributed by atoms with Gasteiger partial charge in [-0.05, 0) is 141 Å². The second kappa shape index (κ2) is 15.1. The first kappa shape index (κ1) is 38.5. The summed E-state index contributed by atoms with van der Waals surface area (Å²) in [5.74, 6) is 0. The van der Waals surface area contributed by atoms with Crippen LogP contribution in [0.15, 0.2) is 261 Å². The summed E-state index contributed by atoms with van der Waals surface area (Å²) in [4.78, 5) is 2.54. The average Bonchev–Trinajstić information content (AvgIpc) is 3.88. The zero-order valence-electron chi connectivity index (χ0n) is 37.3. The first-order valence-corrected chi connectivity index (χ1v) is 23.7. The molecule has 14 rings (SSSR count). The Labute approximate surface area is 396 Å². The quantitative estimate of drug-likeness (QED) is 0.151. The van der Waals surface area contributed by atoms with Gasteiger partial charge in [-0.3, -0.25) is 0 Å². The number of fused-ring (bicyclic) bond motifs is 16. The largest absolute Gasteiger partial charge is 0.310 e. The van der Waals surface area contributed by atoms with Crippen LogP contribution in [0.5, 0.6) is 0 Å². The minimum Gasteiger partial charge on any atom is -0.310 e. The Morgan fingerprint density at radius 3 is 1.24 bits per heavy atom. The molecule has 0 N–H and O–H groups in total. The first-order chi connectivity index (χ1) is 33.7. The van der Waals surface area contributed by atoms with E-state index in [2.05, 4.69) is 266 Å². The van der Waals surface area contributed by atoms with Crippen LogP contribution >= 0.6 is 0 Å². The van der Waals surface area contributed by atoms with Crippen molar-refractivity contribution in [3.63, 3.8) is 0 Å². The van der Waals surface area contributed by atoms with Crippen LogP contribution < -0.4 is 4.90 Å². The number of anilines is 3. The van der Waals surface area contributed by atoms with Crippen LogP contribution in [0, 0.1) is 0 Å². The molecule has 0 aromatic heterocycles. The van der Waals surface area contributed by atoms with E-state index in [-0.39, 0.29) is 0 Å². The Morgan fingerprint density at radius 2 is 0.647 bits per heavy atom. The molecule has 12 aromatic carbocycles. The van der Waals surface area contributed by atoms with Gasteiger partial charge in [-0.1, -0.05) is 224 Å². The molecule has 0 heterocycles. The minimum atomic E-state index is -0.514. The summed E-state index contributed by atoms with van der Waals surface area (Å²) in [7, 11) is 0. The molecular weight excluding hydrogens is 819 g/mol. The minimum absolute atomic E-state index is 0.514. The number of benzene rings is 12. The molecule has 12 aromatic rings. The summed E-state index contributed by atoms with van der Waals surface area (Å²) in [6, 6.07) is 97.2. The molecule has 0 aliphatic heterocycles. The Hall–Kier alpha value is -8.78. The number of hydrogen-bond acceptors (Lipinski definition) is 1. The third-order valence-corrected chi connectivity index (χ3v) is 14.9. The average molecular weight is 862 g/mol. The highest BCUT2D eigenvalue weighted by atomic mass is 15.1. The van der Waals surface area contributed by atoms with Gasteiger partial charge in [-0.2, -0.15) is 0 Å². The molecule has 0 saturated heterocycles. The van der Waals surface area contributed by atoms with Gasteiger partial charge in [0.2, 0.25) is 0 Å². The Bertz CT molecular complexity index is 3880. The highest BCUT2D eigenvalue weighted by molar-refractivity contribution is 6.26. The van der Waals surface area contributed by atoms with E-state index in [1.807, 2.05) is 0 Å². The zero-order chi connectivity index (χ0) is 44.8. The smallest absolute Gasteiger partial charge is 0.0726 e. The second-order valence-electron chi connectivity index (χ2n) is 18.3. The van der Waals surface area contributed by atoms with E-state index in [9.17, 15) is 0 Å². The van der Waals surface area contributed by atoms with E-state index in [0.29, 0.717) is 0 Å². The van der Waals surface area contributed by atoms with Gasteiger partial charge in [0.25, 0.3) is 0 Å². The van der Waals surface area contributed by atoms with E-state index < -0.39 is 5.41 Å². The Morgan fingerprint density at radius 1 is 0.221 bits per heavy atom. The van der Waals surface area contributed by atoms with E-state index >= 15 is 0 Å². The molecule has 2 aliphatic carbocycles. The van der Waals surface area contributed by atoms with Crippen molar-refractivity contribution in [3.05, 3.63) is 283 Å². The number of hydrogen-bond donors (Lipinski definition) is 0. The lowest BCUT2D eigenvalue weighted by atomic mass is 9.70. The Kier molecular flexibility index (Phi) is 8.57. The molecule has 0 unspecified atom stereocenters. The first-order valence-electron chi connectivity index (χ1n) is 23.7. The van der Waals surface area contributed by atoms with Crippen molar-refractivity contribution in [3.8, 4) is 55.6 Å². The monoisotopic (exact) mass is 861 g/mol. The molecule has 0 atom stereocenters. The standard InChI is InChI=1S/C67H43N/c1-3-18-44(19-4-1)46-34-36-47(37-35-46)59-42-61-58-30-13-16-33-64(58)67(62-31-14-11-28-56(62)57-29-12-15-32-63(57)67)65(61)43-66(59)68(49-23-17-22-48(40-49)45-20-5-2-6-21-45)50-38-39-55-53-26-8-7-24-51(53)52-25-9-10-27-54(52)60(55)41-50/h1-43H. The van der Waals surface area contributed by atoms with Crippen molar-refractivity contribution in [2.24, 2.45) is 0 Å². The van der Waals surface area contributed by atoms with Crippen LogP contribution in [-0.2, 0) is 5.41 Å². The fourth-order valence-electron chi connectivity index (χ4n) is 11.9. The molecule has 0 saturated carbocycles. The predicted octanol–water partition coefficient (Wildman–Crippen LogP) is 18.0. The van der Waals surface area contributed by atoms with Crippen molar-refractivity contribution < 1.29 is 0 Å². The molecule has 0 fully saturated rings. The van der Waals surface area contributed by atoms with Gasteiger partial charge >= 0.3 is 0 Å². The van der Waals surface area contributed by atoms with Gasteiger partial charge in [-0.25, -0.2) is 0 Å². The molecule has 316 valence electrons. The third kappa shape index (κ3) is 5.63. The van der Waals surface area contributed by atoms with Gasteiger partial charge in [0, 0.05) is 16.9 Å². The highest BCUT2D eigenvalue weighted by Crippen LogP contribution is 2.64. The van der Waals surface area contributed by atoms with Gasteiger partial charge in [-0.15, -0.1) is 0 Å². The van der Waals surface area contributed by atoms with Crippen LogP contribution in [0.1, 0.15) is 22.3 Å². The lowest BCUT2D eigenvalue weighted by Gasteiger charge is -2.33. The van der Waals surface area contributed by atoms with Gasteiger partial charge in [0.1, 0.15) is 0 Å². The van der Waals surface area contributed by atoms with Crippen molar-refractivity contribution in [2.45, 2.75) is 5.41 Å². The lowest BCUT2D eigenvalue weighted by Crippen LogP contribution is -2.26. The maximum absolute atomic E-state index is 2.56. The number of nitrogens with zero attached hydrogens (tertiary/aromatic N) is 1. The highest BCUT2D eigenvalue weighted by Gasteiger charge is 2.52. The summed E-state index contributed by atoms with van der Waals surface area (Å²) in [6.07, 6.45) is 0. The van der Waals surface area contributed by atoms with Crippen LogP contribution in [0.4, 0.5) is 17.1 Å². The predicted molar refractivity (Wildman–Crippen MR) is 286 cm³/mol. The second-order valence-corrected chi connectivity index (χ2v) is 18.3. The topological polar surface area (TPSA) is 3.24 Å². The summed E-state index contributed by atoms with van der Waals surface area (Å²) >= 11 is 0. The van der Waals surface area contributed by atoms with Crippen LogP contribution in [0.25, 0.3) is 88.0 Å². The molecular formula is C67H43N. The number of rotatable bonds is 6. The van der Waals surface area contributed by atoms with Crippen LogP contribution in [0.2, 0.25) is 0 Å². The summed E-state index contributed by atoms with van der Waals surface area (Å²) in [6.45, 7) is 0. The maximum atomic E-state index is 2.56. The molecule has 1 heteroatoms. The summed E-state index contributed by atoms with van der Waals surface area (Å²) in [5.41, 5.74) is 20.3. The molecule has 0 amide bonds. The van der Waals surface area contributed by atoms with Crippen molar-refractivity contribution in [2.75, 3.05) is 4.90 Å². The van der Waals surface area contributed by atoms with E-state index in [0.717, 1.165) is 22.6 Å². The molecule has 0 bridgehead atoms. The Balaban J connectivity index is 1.10. The van der Waals surface area contributed by atoms with Gasteiger partial charge in [0.15, 0.2) is 0 Å². The SMILES string of the molecule is c1ccc(-c2ccc(-c3cc4c(cc3N(c3cccc(-c5ccccc5)c3)c3ccc5c6ccccc6c6ccccc6c5c3)C3(c5ccccc5-c5ccccc53)c3ccccc3-4)cc2)cc1. The molecule has 1 nitrogen and oxygen atoms in total.